The molecule has 4 rings (SSSR count). The van der Waals surface area contributed by atoms with Crippen molar-refractivity contribution in [1.82, 2.24) is 19.9 Å². The van der Waals surface area contributed by atoms with E-state index >= 15 is 0 Å². The number of amides is 1. The van der Waals surface area contributed by atoms with Gasteiger partial charge in [-0.2, -0.15) is 0 Å². The van der Waals surface area contributed by atoms with Crippen LogP contribution in [-0.2, 0) is 0 Å². The van der Waals surface area contributed by atoms with E-state index in [1.54, 1.807) is 18.5 Å². The zero-order chi connectivity index (χ0) is 18.6. The molecule has 0 bridgehead atoms. The molecule has 1 aromatic carbocycles. The highest BCUT2D eigenvalue weighted by atomic mass is 16.2. The summed E-state index contributed by atoms with van der Waals surface area (Å²) in [4.78, 5) is 30.1. The van der Waals surface area contributed by atoms with Crippen molar-refractivity contribution in [3.8, 4) is 11.3 Å². The number of aryl methyl sites for hydroxylation is 1. The van der Waals surface area contributed by atoms with Gasteiger partial charge < -0.3 is 9.80 Å². The lowest BCUT2D eigenvalue weighted by molar-refractivity contribution is 0.0745. The molecule has 0 spiro atoms. The van der Waals surface area contributed by atoms with Gasteiger partial charge in [-0.15, -0.1) is 0 Å². The van der Waals surface area contributed by atoms with E-state index in [1.807, 2.05) is 54.3 Å². The number of pyridine rings is 1. The van der Waals surface area contributed by atoms with Crippen LogP contribution in [0.1, 0.15) is 16.1 Å². The maximum atomic E-state index is 12.9. The van der Waals surface area contributed by atoms with E-state index in [-0.39, 0.29) is 5.91 Å². The highest BCUT2D eigenvalue weighted by Crippen LogP contribution is 2.20. The molecule has 6 nitrogen and oxygen atoms in total. The molecular formula is C21H21N5O. The number of hydrogen-bond acceptors (Lipinski definition) is 5. The van der Waals surface area contributed by atoms with E-state index < -0.39 is 0 Å². The standard InChI is InChI=1S/C21H21N5O/c1-16-18(8-9-19(24-16)17-6-3-2-4-7-17)20(27)25-12-14-26(15-13-25)21-22-10-5-11-23-21/h2-11H,12-15H2,1H3. The molecule has 1 fully saturated rings. The lowest BCUT2D eigenvalue weighted by atomic mass is 10.1. The van der Waals surface area contributed by atoms with Gasteiger partial charge in [0.15, 0.2) is 0 Å². The summed E-state index contributed by atoms with van der Waals surface area (Å²) in [6.07, 6.45) is 3.48. The first-order valence-electron chi connectivity index (χ1n) is 9.07. The van der Waals surface area contributed by atoms with Gasteiger partial charge in [0.05, 0.1) is 17.0 Å². The summed E-state index contributed by atoms with van der Waals surface area (Å²) in [5.41, 5.74) is 3.36. The molecule has 0 atom stereocenters. The summed E-state index contributed by atoms with van der Waals surface area (Å²) in [5, 5.41) is 0. The van der Waals surface area contributed by atoms with Gasteiger partial charge in [-0.25, -0.2) is 9.97 Å². The van der Waals surface area contributed by atoms with Crippen LogP contribution in [0.2, 0.25) is 0 Å². The van der Waals surface area contributed by atoms with E-state index in [1.165, 1.54) is 0 Å². The number of piperazine rings is 1. The zero-order valence-electron chi connectivity index (χ0n) is 15.2. The van der Waals surface area contributed by atoms with E-state index in [4.69, 9.17) is 0 Å². The molecule has 2 aromatic heterocycles. The minimum absolute atomic E-state index is 0.0354. The first kappa shape index (κ1) is 17.1. The maximum Gasteiger partial charge on any atom is 0.255 e. The topological polar surface area (TPSA) is 62.2 Å². The second kappa shape index (κ2) is 7.53. The zero-order valence-corrected chi connectivity index (χ0v) is 15.2. The molecule has 3 aromatic rings. The summed E-state index contributed by atoms with van der Waals surface area (Å²) in [6, 6.07) is 15.6. The van der Waals surface area contributed by atoms with Crippen molar-refractivity contribution in [3.63, 3.8) is 0 Å². The summed E-state index contributed by atoms with van der Waals surface area (Å²) in [6.45, 7) is 4.65. The van der Waals surface area contributed by atoms with E-state index in [9.17, 15) is 4.79 Å². The van der Waals surface area contributed by atoms with Crippen LogP contribution >= 0.6 is 0 Å². The second-order valence-electron chi connectivity index (χ2n) is 6.52. The monoisotopic (exact) mass is 359 g/mol. The molecule has 1 aliphatic rings. The van der Waals surface area contributed by atoms with Crippen LogP contribution in [0.15, 0.2) is 60.9 Å². The number of anilines is 1. The third kappa shape index (κ3) is 3.65. The number of carbonyl (C=O) groups excluding carboxylic acids is 1. The van der Waals surface area contributed by atoms with Crippen molar-refractivity contribution in [2.24, 2.45) is 0 Å². The van der Waals surface area contributed by atoms with Gasteiger partial charge in [0.25, 0.3) is 5.91 Å². The molecule has 1 saturated heterocycles. The van der Waals surface area contributed by atoms with Gasteiger partial charge in [0, 0.05) is 44.1 Å². The Morgan fingerprint density at radius 1 is 0.889 bits per heavy atom. The summed E-state index contributed by atoms with van der Waals surface area (Å²) in [7, 11) is 0. The minimum atomic E-state index is 0.0354. The molecule has 0 unspecified atom stereocenters. The number of hydrogen-bond donors (Lipinski definition) is 0. The van der Waals surface area contributed by atoms with Crippen LogP contribution in [0, 0.1) is 6.92 Å². The first-order chi connectivity index (χ1) is 13.2. The molecule has 0 radical (unpaired) electrons. The Hall–Kier alpha value is -3.28. The maximum absolute atomic E-state index is 12.9. The van der Waals surface area contributed by atoms with Crippen LogP contribution in [0.25, 0.3) is 11.3 Å². The summed E-state index contributed by atoms with van der Waals surface area (Å²) < 4.78 is 0. The lowest BCUT2D eigenvalue weighted by Crippen LogP contribution is -2.49. The third-order valence-electron chi connectivity index (χ3n) is 4.79. The van der Waals surface area contributed by atoms with E-state index in [0.29, 0.717) is 18.7 Å². The predicted octanol–water partition coefficient (Wildman–Crippen LogP) is 2.81. The van der Waals surface area contributed by atoms with Crippen LogP contribution in [0.3, 0.4) is 0 Å². The number of carbonyl (C=O) groups is 1. The van der Waals surface area contributed by atoms with E-state index in [2.05, 4.69) is 19.9 Å². The molecule has 1 amide bonds. The fourth-order valence-electron chi connectivity index (χ4n) is 3.29. The minimum Gasteiger partial charge on any atom is -0.337 e. The highest BCUT2D eigenvalue weighted by Gasteiger charge is 2.24. The average molecular weight is 359 g/mol. The van der Waals surface area contributed by atoms with Crippen LogP contribution in [0.5, 0.6) is 0 Å². The van der Waals surface area contributed by atoms with Crippen molar-refractivity contribution in [2.45, 2.75) is 6.92 Å². The Kier molecular flexibility index (Phi) is 4.78. The van der Waals surface area contributed by atoms with Crippen molar-refractivity contribution >= 4 is 11.9 Å². The molecule has 136 valence electrons. The molecule has 0 N–H and O–H groups in total. The van der Waals surface area contributed by atoms with Gasteiger partial charge in [-0.3, -0.25) is 9.78 Å². The Balaban J connectivity index is 1.46. The Morgan fingerprint density at radius 2 is 1.59 bits per heavy atom. The molecule has 6 heteroatoms. The van der Waals surface area contributed by atoms with Gasteiger partial charge in [0.2, 0.25) is 5.95 Å². The van der Waals surface area contributed by atoms with Crippen molar-refractivity contribution in [3.05, 3.63) is 72.2 Å². The van der Waals surface area contributed by atoms with Crippen molar-refractivity contribution < 1.29 is 4.79 Å². The van der Waals surface area contributed by atoms with E-state index in [0.717, 1.165) is 36.0 Å². The number of benzene rings is 1. The highest BCUT2D eigenvalue weighted by molar-refractivity contribution is 5.95. The normalized spacial score (nSPS) is 14.3. The summed E-state index contributed by atoms with van der Waals surface area (Å²) >= 11 is 0. The largest absolute Gasteiger partial charge is 0.337 e. The number of nitrogens with zero attached hydrogens (tertiary/aromatic N) is 5. The Morgan fingerprint density at radius 3 is 2.26 bits per heavy atom. The lowest BCUT2D eigenvalue weighted by Gasteiger charge is -2.34. The van der Waals surface area contributed by atoms with Crippen LogP contribution in [0.4, 0.5) is 5.95 Å². The van der Waals surface area contributed by atoms with Crippen LogP contribution in [-0.4, -0.2) is 51.9 Å². The quantitative estimate of drug-likeness (QED) is 0.720. The molecule has 3 heterocycles. The van der Waals surface area contributed by atoms with Crippen molar-refractivity contribution in [2.75, 3.05) is 31.1 Å². The van der Waals surface area contributed by atoms with Crippen molar-refractivity contribution in [1.29, 1.82) is 0 Å². The van der Waals surface area contributed by atoms with Gasteiger partial charge in [-0.1, -0.05) is 30.3 Å². The molecular weight excluding hydrogens is 338 g/mol. The van der Waals surface area contributed by atoms with Crippen LogP contribution < -0.4 is 4.90 Å². The Bertz CT molecular complexity index is 922. The molecule has 0 aliphatic carbocycles. The Labute approximate surface area is 158 Å². The van der Waals surface area contributed by atoms with Gasteiger partial charge >= 0.3 is 0 Å². The number of rotatable bonds is 3. The van der Waals surface area contributed by atoms with Gasteiger partial charge in [-0.05, 0) is 25.1 Å². The first-order valence-corrected chi connectivity index (χ1v) is 9.07. The summed E-state index contributed by atoms with van der Waals surface area (Å²) in [5.74, 6) is 0.753. The number of aromatic nitrogens is 3. The fourth-order valence-corrected chi connectivity index (χ4v) is 3.29. The average Bonchev–Trinajstić information content (AvgIpc) is 2.74. The molecule has 27 heavy (non-hydrogen) atoms. The molecule has 0 saturated carbocycles. The predicted molar refractivity (Wildman–Crippen MR) is 105 cm³/mol. The van der Waals surface area contributed by atoms with Gasteiger partial charge in [0.1, 0.15) is 0 Å². The SMILES string of the molecule is Cc1nc(-c2ccccc2)ccc1C(=O)N1CCN(c2ncccn2)CC1. The molecule has 1 aliphatic heterocycles. The smallest absolute Gasteiger partial charge is 0.255 e. The fraction of sp³-hybridized carbons (Fsp3) is 0.238. The third-order valence-corrected chi connectivity index (χ3v) is 4.79. The second-order valence-corrected chi connectivity index (χ2v) is 6.52.